The maximum absolute atomic E-state index is 6.14. The van der Waals surface area contributed by atoms with Gasteiger partial charge in [0.2, 0.25) is 0 Å². The number of methoxy groups -OCH3 is 1. The normalized spacial score (nSPS) is 11.1. The molecule has 0 aromatic heterocycles. The Labute approximate surface area is 128 Å². The fourth-order valence-electron chi connectivity index (χ4n) is 2.22. The van der Waals surface area contributed by atoms with Gasteiger partial charge in [0.15, 0.2) is 0 Å². The number of hydrogen-bond donors (Lipinski definition) is 1. The van der Waals surface area contributed by atoms with E-state index in [4.69, 9.17) is 16.3 Å². The summed E-state index contributed by atoms with van der Waals surface area (Å²) in [6, 6.07) is 6.14. The van der Waals surface area contributed by atoms with E-state index in [2.05, 4.69) is 43.1 Å². The van der Waals surface area contributed by atoms with Crippen LogP contribution in [0.3, 0.4) is 0 Å². The SMILES string of the molecule is CCNCc1cc(Cl)ccc1N(CCOC)CC(C)C. The fourth-order valence-corrected chi connectivity index (χ4v) is 2.41. The molecule has 0 aliphatic carbocycles. The molecular weight excluding hydrogens is 272 g/mol. The lowest BCUT2D eigenvalue weighted by Crippen LogP contribution is -2.32. The Morgan fingerprint density at radius 2 is 2.10 bits per heavy atom. The number of rotatable bonds is 9. The van der Waals surface area contributed by atoms with Crippen LogP contribution in [0.15, 0.2) is 18.2 Å². The Kier molecular flexibility index (Phi) is 7.97. The minimum Gasteiger partial charge on any atom is -0.383 e. The molecule has 0 atom stereocenters. The van der Waals surface area contributed by atoms with Gasteiger partial charge in [-0.05, 0) is 36.2 Å². The molecule has 1 aromatic carbocycles. The quantitative estimate of drug-likeness (QED) is 0.754. The molecule has 0 spiro atoms. The van der Waals surface area contributed by atoms with Crippen LogP contribution < -0.4 is 10.2 Å². The van der Waals surface area contributed by atoms with Gasteiger partial charge in [-0.3, -0.25) is 0 Å². The summed E-state index contributed by atoms with van der Waals surface area (Å²) in [7, 11) is 1.75. The topological polar surface area (TPSA) is 24.5 Å². The monoisotopic (exact) mass is 298 g/mol. The molecule has 0 bridgehead atoms. The number of nitrogens with zero attached hydrogens (tertiary/aromatic N) is 1. The average molecular weight is 299 g/mol. The highest BCUT2D eigenvalue weighted by Crippen LogP contribution is 2.25. The van der Waals surface area contributed by atoms with Crippen molar-refractivity contribution in [1.82, 2.24) is 5.32 Å². The Morgan fingerprint density at radius 3 is 2.70 bits per heavy atom. The number of halogens is 1. The van der Waals surface area contributed by atoms with Crippen LogP contribution in [-0.2, 0) is 11.3 Å². The summed E-state index contributed by atoms with van der Waals surface area (Å²) in [6.07, 6.45) is 0. The lowest BCUT2D eigenvalue weighted by Gasteiger charge is -2.29. The predicted molar refractivity (Wildman–Crippen MR) is 87.8 cm³/mol. The third kappa shape index (κ3) is 5.70. The van der Waals surface area contributed by atoms with Crippen molar-refractivity contribution in [2.45, 2.75) is 27.3 Å². The molecule has 0 saturated heterocycles. The second-order valence-electron chi connectivity index (χ2n) is 5.39. The van der Waals surface area contributed by atoms with Gasteiger partial charge < -0.3 is 15.0 Å². The molecule has 0 fully saturated rings. The standard InChI is InChI=1S/C16H27ClN2O/c1-5-18-11-14-10-15(17)6-7-16(14)19(8-9-20-4)12-13(2)3/h6-7,10,13,18H,5,8-9,11-12H2,1-4H3. The molecule has 1 N–H and O–H groups in total. The lowest BCUT2D eigenvalue weighted by atomic mass is 10.1. The molecule has 0 aliphatic heterocycles. The first-order valence-corrected chi connectivity index (χ1v) is 7.69. The van der Waals surface area contributed by atoms with Crippen LogP contribution in [0.25, 0.3) is 0 Å². The predicted octanol–water partition coefficient (Wildman–Crippen LogP) is 3.56. The van der Waals surface area contributed by atoms with Crippen LogP contribution in [0.5, 0.6) is 0 Å². The summed E-state index contributed by atoms with van der Waals surface area (Å²) in [5.41, 5.74) is 2.50. The van der Waals surface area contributed by atoms with Crippen molar-refractivity contribution in [1.29, 1.82) is 0 Å². The maximum Gasteiger partial charge on any atom is 0.0637 e. The zero-order valence-electron chi connectivity index (χ0n) is 13.1. The maximum atomic E-state index is 6.14. The number of anilines is 1. The molecule has 3 nitrogen and oxygen atoms in total. The minimum atomic E-state index is 0.606. The van der Waals surface area contributed by atoms with Gasteiger partial charge >= 0.3 is 0 Å². The van der Waals surface area contributed by atoms with Crippen molar-refractivity contribution >= 4 is 17.3 Å². The fraction of sp³-hybridized carbons (Fsp3) is 0.625. The van der Waals surface area contributed by atoms with Crippen LogP contribution in [0, 0.1) is 5.92 Å². The summed E-state index contributed by atoms with van der Waals surface area (Å²) in [5, 5.41) is 4.17. The first-order valence-electron chi connectivity index (χ1n) is 7.31. The second kappa shape index (κ2) is 9.22. The number of ether oxygens (including phenoxy) is 1. The van der Waals surface area contributed by atoms with Crippen molar-refractivity contribution in [3.63, 3.8) is 0 Å². The van der Waals surface area contributed by atoms with E-state index in [-0.39, 0.29) is 0 Å². The molecule has 114 valence electrons. The second-order valence-corrected chi connectivity index (χ2v) is 5.82. The molecule has 4 heteroatoms. The van der Waals surface area contributed by atoms with Crippen LogP contribution >= 0.6 is 11.6 Å². The molecule has 0 aliphatic rings. The molecule has 0 saturated carbocycles. The van der Waals surface area contributed by atoms with Crippen molar-refractivity contribution in [2.24, 2.45) is 5.92 Å². The van der Waals surface area contributed by atoms with Gasteiger partial charge in [-0.2, -0.15) is 0 Å². The first kappa shape index (κ1) is 17.3. The Hall–Kier alpha value is -0.770. The van der Waals surface area contributed by atoms with E-state index in [1.807, 2.05) is 6.07 Å². The molecule has 1 aromatic rings. The summed E-state index contributed by atoms with van der Waals surface area (Å²) >= 11 is 6.14. The van der Waals surface area contributed by atoms with Crippen LogP contribution in [0.1, 0.15) is 26.3 Å². The van der Waals surface area contributed by atoms with Gasteiger partial charge in [0.25, 0.3) is 0 Å². The van der Waals surface area contributed by atoms with Gasteiger partial charge in [0.1, 0.15) is 0 Å². The molecule has 0 unspecified atom stereocenters. The largest absolute Gasteiger partial charge is 0.383 e. The molecular formula is C16H27ClN2O. The minimum absolute atomic E-state index is 0.606. The van der Waals surface area contributed by atoms with E-state index in [1.165, 1.54) is 11.3 Å². The van der Waals surface area contributed by atoms with Gasteiger partial charge in [0, 0.05) is 37.5 Å². The van der Waals surface area contributed by atoms with E-state index >= 15 is 0 Å². The lowest BCUT2D eigenvalue weighted by molar-refractivity contribution is 0.204. The van der Waals surface area contributed by atoms with E-state index in [9.17, 15) is 0 Å². The summed E-state index contributed by atoms with van der Waals surface area (Å²) < 4.78 is 5.24. The van der Waals surface area contributed by atoms with Crippen LogP contribution in [0.2, 0.25) is 5.02 Å². The molecule has 0 heterocycles. The van der Waals surface area contributed by atoms with Crippen molar-refractivity contribution < 1.29 is 4.74 Å². The van der Waals surface area contributed by atoms with Gasteiger partial charge in [-0.1, -0.05) is 32.4 Å². The summed E-state index contributed by atoms with van der Waals surface area (Å²) in [4.78, 5) is 2.39. The highest BCUT2D eigenvalue weighted by molar-refractivity contribution is 6.30. The zero-order valence-corrected chi connectivity index (χ0v) is 13.8. The third-order valence-corrected chi connectivity index (χ3v) is 3.33. The van der Waals surface area contributed by atoms with E-state index in [0.717, 1.165) is 37.8 Å². The van der Waals surface area contributed by atoms with E-state index in [1.54, 1.807) is 7.11 Å². The van der Waals surface area contributed by atoms with Crippen molar-refractivity contribution in [2.75, 3.05) is 38.3 Å². The van der Waals surface area contributed by atoms with Crippen molar-refractivity contribution in [3.8, 4) is 0 Å². The van der Waals surface area contributed by atoms with E-state index in [0.29, 0.717) is 5.92 Å². The summed E-state index contributed by atoms with van der Waals surface area (Å²) in [6.45, 7) is 11.0. The van der Waals surface area contributed by atoms with Gasteiger partial charge in [-0.15, -0.1) is 0 Å². The Morgan fingerprint density at radius 1 is 1.35 bits per heavy atom. The molecule has 20 heavy (non-hydrogen) atoms. The number of nitrogens with one attached hydrogen (secondary N) is 1. The third-order valence-electron chi connectivity index (χ3n) is 3.10. The van der Waals surface area contributed by atoms with Crippen LogP contribution in [0.4, 0.5) is 5.69 Å². The number of hydrogen-bond acceptors (Lipinski definition) is 3. The Bertz CT molecular complexity index is 396. The molecule has 0 radical (unpaired) electrons. The smallest absolute Gasteiger partial charge is 0.0637 e. The van der Waals surface area contributed by atoms with Gasteiger partial charge in [0.05, 0.1) is 6.61 Å². The molecule has 0 amide bonds. The van der Waals surface area contributed by atoms with Gasteiger partial charge in [-0.25, -0.2) is 0 Å². The average Bonchev–Trinajstić information content (AvgIpc) is 2.41. The highest BCUT2D eigenvalue weighted by Gasteiger charge is 2.13. The summed E-state index contributed by atoms with van der Waals surface area (Å²) in [5.74, 6) is 0.606. The van der Waals surface area contributed by atoms with Crippen LogP contribution in [-0.4, -0.2) is 33.4 Å². The highest BCUT2D eigenvalue weighted by atomic mass is 35.5. The van der Waals surface area contributed by atoms with E-state index < -0.39 is 0 Å². The zero-order chi connectivity index (χ0) is 15.0. The number of benzene rings is 1. The first-order chi connectivity index (χ1) is 9.58. The Balaban J connectivity index is 2.96. The molecule has 1 rings (SSSR count). The van der Waals surface area contributed by atoms with Crippen molar-refractivity contribution in [3.05, 3.63) is 28.8 Å².